The molecule has 0 fully saturated rings. The fourth-order valence-electron chi connectivity index (χ4n) is 3.12. The van der Waals surface area contributed by atoms with Gasteiger partial charge in [-0.25, -0.2) is 0 Å². The van der Waals surface area contributed by atoms with Gasteiger partial charge in [-0.2, -0.15) is 0 Å². The first kappa shape index (κ1) is 20.9. The molecule has 4 nitrogen and oxygen atoms in total. The molecule has 0 aliphatic heterocycles. The molecule has 3 aromatic carbocycles. The van der Waals surface area contributed by atoms with Crippen molar-refractivity contribution in [1.82, 2.24) is 10.6 Å². The number of carbonyl (C=O) groups excluding carboxylic acids is 2. The van der Waals surface area contributed by atoms with Gasteiger partial charge >= 0.3 is 0 Å². The Morgan fingerprint density at radius 1 is 0.862 bits per heavy atom. The maximum Gasteiger partial charge on any atom is 0.252 e. The van der Waals surface area contributed by atoms with Crippen LogP contribution in [0.5, 0.6) is 0 Å². The lowest BCUT2D eigenvalue weighted by Crippen LogP contribution is -2.31. The average Bonchev–Trinajstić information content (AvgIpc) is 2.71. The van der Waals surface area contributed by atoms with Crippen LogP contribution in [-0.4, -0.2) is 23.6 Å². The Morgan fingerprint density at radius 3 is 2.31 bits per heavy atom. The van der Waals surface area contributed by atoms with Crippen molar-refractivity contribution in [1.29, 1.82) is 0 Å². The summed E-state index contributed by atoms with van der Waals surface area (Å²) in [6.45, 7) is 5.84. The van der Waals surface area contributed by atoms with E-state index in [9.17, 15) is 9.59 Å². The summed E-state index contributed by atoms with van der Waals surface area (Å²) in [5.74, 6) is 0.102. The van der Waals surface area contributed by atoms with Crippen LogP contribution in [0.15, 0.2) is 71.6 Å². The van der Waals surface area contributed by atoms with Gasteiger partial charge in [0.15, 0.2) is 0 Å². The second-order valence-corrected chi connectivity index (χ2v) is 8.33. The Bertz CT molecular complexity index is 1020. The predicted octanol–water partition coefficient (Wildman–Crippen LogP) is 4.95. The van der Waals surface area contributed by atoms with Gasteiger partial charge in [0.1, 0.15) is 0 Å². The SMILES string of the molecule is CC(C)NC(=O)CSc1ccccc1C(=O)NC(C)c1ccc2ccccc2c1. The highest BCUT2D eigenvalue weighted by Crippen LogP contribution is 2.24. The standard InChI is InChI=1S/C24H26N2O2S/c1-16(2)25-23(27)15-29-22-11-7-6-10-21(22)24(28)26-17(3)19-13-12-18-8-4-5-9-20(18)14-19/h4-14,16-17H,15H2,1-3H3,(H,25,27)(H,26,28). The number of thioether (sulfide) groups is 1. The van der Waals surface area contributed by atoms with Gasteiger partial charge in [-0.05, 0) is 55.3 Å². The molecule has 3 aromatic rings. The first-order chi connectivity index (χ1) is 13.9. The molecule has 0 bridgehead atoms. The molecule has 3 rings (SSSR count). The summed E-state index contributed by atoms with van der Waals surface area (Å²) in [7, 11) is 0. The molecule has 0 saturated heterocycles. The third-order valence-electron chi connectivity index (χ3n) is 4.56. The summed E-state index contributed by atoms with van der Waals surface area (Å²) >= 11 is 1.38. The van der Waals surface area contributed by atoms with Crippen LogP contribution in [0.4, 0.5) is 0 Å². The van der Waals surface area contributed by atoms with E-state index in [-0.39, 0.29) is 29.7 Å². The minimum atomic E-state index is -0.141. The summed E-state index contributed by atoms with van der Waals surface area (Å²) < 4.78 is 0. The number of rotatable bonds is 7. The third-order valence-corrected chi connectivity index (χ3v) is 5.63. The summed E-state index contributed by atoms with van der Waals surface area (Å²) in [5.41, 5.74) is 1.64. The van der Waals surface area contributed by atoms with Crippen LogP contribution in [0.3, 0.4) is 0 Å². The van der Waals surface area contributed by atoms with Crippen LogP contribution in [0.2, 0.25) is 0 Å². The Hall–Kier alpha value is -2.79. The van der Waals surface area contributed by atoms with Crippen molar-refractivity contribution in [2.75, 3.05) is 5.75 Å². The van der Waals surface area contributed by atoms with Gasteiger partial charge in [0.2, 0.25) is 5.91 Å². The van der Waals surface area contributed by atoms with Gasteiger partial charge < -0.3 is 10.6 Å². The van der Waals surface area contributed by atoms with Gasteiger partial charge in [0, 0.05) is 10.9 Å². The quantitative estimate of drug-likeness (QED) is 0.546. The molecule has 0 radical (unpaired) electrons. The van der Waals surface area contributed by atoms with E-state index in [0.717, 1.165) is 15.8 Å². The molecule has 0 aliphatic carbocycles. The van der Waals surface area contributed by atoms with Crippen molar-refractivity contribution in [3.8, 4) is 0 Å². The molecule has 0 saturated carbocycles. The second-order valence-electron chi connectivity index (χ2n) is 7.31. The number of benzene rings is 3. The normalized spacial score (nSPS) is 12.0. The van der Waals surface area contributed by atoms with Crippen molar-refractivity contribution >= 4 is 34.3 Å². The van der Waals surface area contributed by atoms with Gasteiger partial charge in [-0.3, -0.25) is 9.59 Å². The minimum Gasteiger partial charge on any atom is -0.353 e. The van der Waals surface area contributed by atoms with Crippen molar-refractivity contribution in [3.63, 3.8) is 0 Å². The van der Waals surface area contributed by atoms with Crippen molar-refractivity contribution in [3.05, 3.63) is 77.9 Å². The van der Waals surface area contributed by atoms with E-state index in [0.29, 0.717) is 5.56 Å². The number of fused-ring (bicyclic) bond motifs is 1. The van der Waals surface area contributed by atoms with Gasteiger partial charge in [0.05, 0.1) is 17.4 Å². The molecule has 0 heterocycles. The summed E-state index contributed by atoms with van der Waals surface area (Å²) in [6, 6.07) is 21.8. The van der Waals surface area contributed by atoms with Crippen LogP contribution in [0.25, 0.3) is 10.8 Å². The second kappa shape index (κ2) is 9.61. The van der Waals surface area contributed by atoms with E-state index in [1.54, 1.807) is 6.07 Å². The number of nitrogens with one attached hydrogen (secondary N) is 2. The predicted molar refractivity (Wildman–Crippen MR) is 120 cm³/mol. The monoisotopic (exact) mass is 406 g/mol. The Morgan fingerprint density at radius 2 is 1.55 bits per heavy atom. The van der Waals surface area contributed by atoms with Gasteiger partial charge in [-0.15, -0.1) is 11.8 Å². The van der Waals surface area contributed by atoms with Crippen LogP contribution < -0.4 is 10.6 Å². The first-order valence-corrected chi connectivity index (χ1v) is 10.7. The molecule has 0 aliphatic rings. The number of carbonyl (C=O) groups is 2. The minimum absolute atomic E-state index is 0.0373. The molecule has 0 spiro atoms. The number of hydrogen-bond donors (Lipinski definition) is 2. The molecular formula is C24H26N2O2S. The topological polar surface area (TPSA) is 58.2 Å². The molecule has 1 atom stereocenters. The van der Waals surface area contributed by atoms with Gasteiger partial charge in [-0.1, -0.05) is 48.5 Å². The summed E-state index contributed by atoms with van der Waals surface area (Å²) in [5, 5.41) is 8.28. The highest BCUT2D eigenvalue weighted by Gasteiger charge is 2.16. The number of amides is 2. The van der Waals surface area contributed by atoms with Crippen LogP contribution >= 0.6 is 11.8 Å². The zero-order valence-corrected chi connectivity index (χ0v) is 17.8. The molecule has 2 N–H and O–H groups in total. The molecule has 0 aromatic heterocycles. The average molecular weight is 407 g/mol. The number of hydrogen-bond acceptors (Lipinski definition) is 3. The maximum atomic E-state index is 12.9. The molecule has 1 unspecified atom stereocenters. The summed E-state index contributed by atoms with van der Waals surface area (Å²) in [4.78, 5) is 25.7. The zero-order valence-electron chi connectivity index (χ0n) is 16.9. The van der Waals surface area contributed by atoms with Crippen LogP contribution in [-0.2, 0) is 4.79 Å². The largest absolute Gasteiger partial charge is 0.353 e. The van der Waals surface area contributed by atoms with Crippen LogP contribution in [0.1, 0.15) is 42.7 Å². The lowest BCUT2D eigenvalue weighted by atomic mass is 10.0. The summed E-state index contributed by atoms with van der Waals surface area (Å²) in [6.07, 6.45) is 0. The Labute approximate surface area is 176 Å². The smallest absolute Gasteiger partial charge is 0.252 e. The Kier molecular flexibility index (Phi) is 6.94. The zero-order chi connectivity index (χ0) is 20.8. The van der Waals surface area contributed by atoms with E-state index in [1.807, 2.05) is 57.2 Å². The molecule has 29 heavy (non-hydrogen) atoms. The lowest BCUT2D eigenvalue weighted by molar-refractivity contribution is -0.119. The molecular weight excluding hydrogens is 380 g/mol. The van der Waals surface area contributed by atoms with E-state index in [4.69, 9.17) is 0 Å². The fourth-order valence-corrected chi connectivity index (χ4v) is 3.98. The lowest BCUT2D eigenvalue weighted by Gasteiger charge is -2.17. The van der Waals surface area contributed by atoms with E-state index in [1.165, 1.54) is 17.1 Å². The first-order valence-electron chi connectivity index (χ1n) is 9.75. The Balaban J connectivity index is 1.70. The molecule has 5 heteroatoms. The fraction of sp³-hybridized carbons (Fsp3) is 0.250. The van der Waals surface area contributed by atoms with E-state index < -0.39 is 0 Å². The van der Waals surface area contributed by atoms with Crippen LogP contribution in [0, 0.1) is 0 Å². The molecule has 2 amide bonds. The van der Waals surface area contributed by atoms with Crippen molar-refractivity contribution in [2.45, 2.75) is 37.8 Å². The van der Waals surface area contributed by atoms with Crippen molar-refractivity contribution in [2.24, 2.45) is 0 Å². The van der Waals surface area contributed by atoms with E-state index >= 15 is 0 Å². The third kappa shape index (κ3) is 5.61. The highest BCUT2D eigenvalue weighted by atomic mass is 32.2. The van der Waals surface area contributed by atoms with Gasteiger partial charge in [0.25, 0.3) is 5.91 Å². The maximum absolute atomic E-state index is 12.9. The highest BCUT2D eigenvalue weighted by molar-refractivity contribution is 8.00. The van der Waals surface area contributed by atoms with E-state index in [2.05, 4.69) is 34.9 Å². The van der Waals surface area contributed by atoms with Crippen molar-refractivity contribution < 1.29 is 9.59 Å². The molecule has 150 valence electrons.